The first-order valence-electron chi connectivity index (χ1n) is 7.81. The fraction of sp³-hybridized carbons (Fsp3) is 0.438. The summed E-state index contributed by atoms with van der Waals surface area (Å²) in [5, 5.41) is 5.18. The highest BCUT2D eigenvalue weighted by Crippen LogP contribution is 2.12. The standard InChI is InChI=1S/C16H22FN5O2/c1-9(2)15(18)16(24)20-8-14(23)19-6-5-13-21-11-4-3-10(17)7-12(11)22-13/h3-4,7,9,15H,5-6,8,18H2,1-2H3,(H,19,23)(H,20,24)(H,21,22)/t15-/m0/s1. The Hall–Kier alpha value is -2.48. The zero-order valence-corrected chi connectivity index (χ0v) is 13.7. The second-order valence-electron chi connectivity index (χ2n) is 5.93. The van der Waals surface area contributed by atoms with E-state index in [4.69, 9.17) is 5.73 Å². The SMILES string of the molecule is CC(C)[C@H](N)C(=O)NCC(=O)NCCc1nc2ccc(F)cc2[nH]1. The number of nitrogens with zero attached hydrogens (tertiary/aromatic N) is 1. The zero-order chi connectivity index (χ0) is 17.7. The molecular weight excluding hydrogens is 313 g/mol. The number of carbonyl (C=O) groups is 2. The summed E-state index contributed by atoms with van der Waals surface area (Å²) in [7, 11) is 0. The Morgan fingerprint density at radius 1 is 1.33 bits per heavy atom. The summed E-state index contributed by atoms with van der Waals surface area (Å²) in [6.45, 7) is 3.91. The first-order chi connectivity index (χ1) is 11.4. The maximum absolute atomic E-state index is 13.1. The van der Waals surface area contributed by atoms with Gasteiger partial charge in [0.15, 0.2) is 0 Å². The van der Waals surface area contributed by atoms with Crippen LogP contribution in [0.2, 0.25) is 0 Å². The van der Waals surface area contributed by atoms with E-state index < -0.39 is 6.04 Å². The summed E-state index contributed by atoms with van der Waals surface area (Å²) in [5.41, 5.74) is 6.98. The van der Waals surface area contributed by atoms with E-state index in [-0.39, 0.29) is 30.1 Å². The van der Waals surface area contributed by atoms with Crippen LogP contribution in [0.15, 0.2) is 18.2 Å². The van der Waals surface area contributed by atoms with Gasteiger partial charge in [-0.3, -0.25) is 9.59 Å². The number of benzene rings is 1. The molecular formula is C16H22FN5O2. The second-order valence-corrected chi connectivity index (χ2v) is 5.93. The molecule has 2 aromatic rings. The predicted molar refractivity (Wildman–Crippen MR) is 88.6 cm³/mol. The molecule has 0 unspecified atom stereocenters. The Morgan fingerprint density at radius 2 is 2.08 bits per heavy atom. The van der Waals surface area contributed by atoms with Gasteiger partial charge in [-0.1, -0.05) is 13.8 Å². The Labute approximate surface area is 139 Å². The van der Waals surface area contributed by atoms with Crippen LogP contribution >= 0.6 is 0 Å². The highest BCUT2D eigenvalue weighted by atomic mass is 19.1. The molecule has 0 aliphatic carbocycles. The number of halogens is 1. The largest absolute Gasteiger partial charge is 0.354 e. The number of amides is 2. The lowest BCUT2D eigenvalue weighted by Crippen LogP contribution is -2.47. The minimum absolute atomic E-state index is 0.00554. The van der Waals surface area contributed by atoms with Crippen LogP contribution in [-0.4, -0.2) is 40.9 Å². The normalized spacial score (nSPS) is 12.4. The van der Waals surface area contributed by atoms with Crippen molar-refractivity contribution in [1.29, 1.82) is 0 Å². The number of H-pyrrole nitrogens is 1. The molecule has 0 aliphatic rings. The van der Waals surface area contributed by atoms with E-state index in [1.807, 2.05) is 13.8 Å². The smallest absolute Gasteiger partial charge is 0.239 e. The predicted octanol–water partition coefficient (Wildman–Crippen LogP) is 0.460. The lowest BCUT2D eigenvalue weighted by molar-refractivity contribution is -0.127. The monoisotopic (exact) mass is 335 g/mol. The van der Waals surface area contributed by atoms with Crippen LogP contribution in [-0.2, 0) is 16.0 Å². The van der Waals surface area contributed by atoms with E-state index in [1.54, 1.807) is 6.07 Å². The fourth-order valence-corrected chi connectivity index (χ4v) is 2.12. The van der Waals surface area contributed by atoms with Crippen molar-refractivity contribution >= 4 is 22.8 Å². The maximum Gasteiger partial charge on any atom is 0.239 e. The van der Waals surface area contributed by atoms with Crippen molar-refractivity contribution < 1.29 is 14.0 Å². The molecule has 2 amide bonds. The summed E-state index contributed by atoms with van der Waals surface area (Å²) in [6, 6.07) is 3.68. The van der Waals surface area contributed by atoms with Crippen LogP contribution in [0.25, 0.3) is 11.0 Å². The highest BCUT2D eigenvalue weighted by molar-refractivity contribution is 5.87. The Bertz CT molecular complexity index is 728. The molecule has 0 fully saturated rings. The first kappa shape index (κ1) is 17.9. The molecule has 8 heteroatoms. The number of imidazole rings is 1. The van der Waals surface area contributed by atoms with Crippen molar-refractivity contribution in [1.82, 2.24) is 20.6 Å². The number of carbonyl (C=O) groups excluding carboxylic acids is 2. The molecule has 0 saturated heterocycles. The van der Waals surface area contributed by atoms with Gasteiger partial charge in [-0.05, 0) is 24.1 Å². The van der Waals surface area contributed by atoms with E-state index in [9.17, 15) is 14.0 Å². The van der Waals surface area contributed by atoms with Gasteiger partial charge in [-0.25, -0.2) is 9.37 Å². The molecule has 7 nitrogen and oxygen atoms in total. The zero-order valence-electron chi connectivity index (χ0n) is 13.7. The van der Waals surface area contributed by atoms with Gasteiger partial charge < -0.3 is 21.4 Å². The molecule has 2 rings (SSSR count). The van der Waals surface area contributed by atoms with Crippen LogP contribution in [0.4, 0.5) is 4.39 Å². The number of nitrogens with one attached hydrogen (secondary N) is 3. The Morgan fingerprint density at radius 3 is 2.79 bits per heavy atom. The van der Waals surface area contributed by atoms with Crippen LogP contribution < -0.4 is 16.4 Å². The molecule has 1 aromatic carbocycles. The summed E-state index contributed by atoms with van der Waals surface area (Å²) in [6.07, 6.45) is 0.474. The van der Waals surface area contributed by atoms with Crippen molar-refractivity contribution in [2.75, 3.05) is 13.1 Å². The number of hydrogen-bond acceptors (Lipinski definition) is 4. The lowest BCUT2D eigenvalue weighted by atomic mass is 10.1. The summed E-state index contributed by atoms with van der Waals surface area (Å²) >= 11 is 0. The number of nitrogens with two attached hydrogens (primary N) is 1. The van der Waals surface area contributed by atoms with Gasteiger partial charge in [-0.2, -0.15) is 0 Å². The molecule has 1 heterocycles. The molecule has 0 radical (unpaired) electrons. The molecule has 1 aromatic heterocycles. The summed E-state index contributed by atoms with van der Waals surface area (Å²) in [4.78, 5) is 30.7. The van der Waals surface area contributed by atoms with Crippen molar-refractivity contribution in [3.8, 4) is 0 Å². The molecule has 24 heavy (non-hydrogen) atoms. The van der Waals surface area contributed by atoms with Crippen molar-refractivity contribution in [2.24, 2.45) is 11.7 Å². The van der Waals surface area contributed by atoms with Crippen molar-refractivity contribution in [3.05, 3.63) is 29.8 Å². The second kappa shape index (κ2) is 7.87. The molecule has 0 bridgehead atoms. The number of aromatic nitrogens is 2. The Balaban J connectivity index is 1.74. The van der Waals surface area contributed by atoms with Gasteiger partial charge in [0, 0.05) is 13.0 Å². The van der Waals surface area contributed by atoms with Crippen LogP contribution in [0.1, 0.15) is 19.7 Å². The molecule has 1 atom stereocenters. The number of aromatic amines is 1. The third-order valence-corrected chi connectivity index (χ3v) is 3.62. The van der Waals surface area contributed by atoms with Crippen molar-refractivity contribution in [3.63, 3.8) is 0 Å². The molecule has 5 N–H and O–H groups in total. The maximum atomic E-state index is 13.1. The van der Waals surface area contributed by atoms with Gasteiger partial charge in [0.1, 0.15) is 11.6 Å². The van der Waals surface area contributed by atoms with Crippen LogP contribution in [0.5, 0.6) is 0 Å². The van der Waals surface area contributed by atoms with Gasteiger partial charge >= 0.3 is 0 Å². The van der Waals surface area contributed by atoms with Gasteiger partial charge in [0.25, 0.3) is 0 Å². The summed E-state index contributed by atoms with van der Waals surface area (Å²) < 4.78 is 13.1. The molecule has 0 aliphatic heterocycles. The average molecular weight is 335 g/mol. The van der Waals surface area contributed by atoms with E-state index >= 15 is 0 Å². The molecule has 0 spiro atoms. The third-order valence-electron chi connectivity index (χ3n) is 3.62. The van der Waals surface area contributed by atoms with E-state index in [0.29, 0.717) is 29.8 Å². The topological polar surface area (TPSA) is 113 Å². The van der Waals surface area contributed by atoms with Gasteiger partial charge in [-0.15, -0.1) is 0 Å². The summed E-state index contributed by atoms with van der Waals surface area (Å²) in [5.74, 6) is -0.324. The molecule has 0 saturated carbocycles. The number of hydrogen-bond donors (Lipinski definition) is 4. The Kier molecular flexibility index (Phi) is 5.86. The lowest BCUT2D eigenvalue weighted by Gasteiger charge is -2.15. The number of rotatable bonds is 7. The van der Waals surface area contributed by atoms with E-state index in [0.717, 1.165) is 0 Å². The van der Waals surface area contributed by atoms with Gasteiger partial charge in [0.2, 0.25) is 11.8 Å². The van der Waals surface area contributed by atoms with E-state index in [2.05, 4.69) is 20.6 Å². The third kappa shape index (κ3) is 4.76. The van der Waals surface area contributed by atoms with Gasteiger partial charge in [0.05, 0.1) is 23.6 Å². The van der Waals surface area contributed by atoms with E-state index in [1.165, 1.54) is 12.1 Å². The minimum Gasteiger partial charge on any atom is -0.354 e. The van der Waals surface area contributed by atoms with Crippen LogP contribution in [0.3, 0.4) is 0 Å². The average Bonchev–Trinajstić information content (AvgIpc) is 2.93. The van der Waals surface area contributed by atoms with Crippen molar-refractivity contribution in [2.45, 2.75) is 26.3 Å². The first-order valence-corrected chi connectivity index (χ1v) is 7.81. The number of fused-ring (bicyclic) bond motifs is 1. The quantitative estimate of drug-likeness (QED) is 0.589. The molecule has 130 valence electrons. The minimum atomic E-state index is -0.631. The van der Waals surface area contributed by atoms with Crippen LogP contribution in [0, 0.1) is 11.7 Å². The highest BCUT2D eigenvalue weighted by Gasteiger charge is 2.17. The fourth-order valence-electron chi connectivity index (χ4n) is 2.12.